The number of benzene rings is 1. The number of hydrogen-bond acceptors (Lipinski definition) is 3. The summed E-state index contributed by atoms with van der Waals surface area (Å²) in [7, 11) is 0. The predicted octanol–water partition coefficient (Wildman–Crippen LogP) is 2.28. The van der Waals surface area contributed by atoms with Crippen LogP contribution in [0, 0.1) is 18.8 Å². The van der Waals surface area contributed by atoms with Crippen LogP contribution in [-0.4, -0.2) is 35.7 Å². The number of aryl methyl sites for hydroxylation is 1. The zero-order chi connectivity index (χ0) is 14.1. The van der Waals surface area contributed by atoms with E-state index in [1.54, 1.807) is 11.8 Å². The Morgan fingerprint density at radius 3 is 2.90 bits per heavy atom. The Morgan fingerprint density at radius 2 is 2.15 bits per heavy atom. The molecule has 1 saturated carbocycles. The van der Waals surface area contributed by atoms with Crippen LogP contribution in [0.2, 0.25) is 0 Å². The lowest BCUT2D eigenvalue weighted by Gasteiger charge is -2.18. The minimum atomic E-state index is 0.264. The first-order valence-corrected chi connectivity index (χ1v) is 8.35. The molecule has 3 nitrogen and oxygen atoms in total. The van der Waals surface area contributed by atoms with Crippen molar-refractivity contribution in [3.8, 4) is 0 Å². The third kappa shape index (κ3) is 2.72. The van der Waals surface area contributed by atoms with E-state index < -0.39 is 0 Å². The van der Waals surface area contributed by atoms with Crippen LogP contribution in [0.4, 0.5) is 0 Å². The van der Waals surface area contributed by atoms with Crippen molar-refractivity contribution in [2.45, 2.75) is 30.7 Å². The van der Waals surface area contributed by atoms with Gasteiger partial charge in [-0.25, -0.2) is 0 Å². The molecule has 2 N–H and O–H groups in total. The molecule has 3 rings (SSSR count). The summed E-state index contributed by atoms with van der Waals surface area (Å²) in [6.45, 7) is 3.89. The molecule has 0 aromatic heterocycles. The average molecular weight is 290 g/mol. The van der Waals surface area contributed by atoms with E-state index in [1.165, 1.54) is 16.9 Å². The monoisotopic (exact) mass is 290 g/mol. The maximum absolute atomic E-state index is 12.3. The fourth-order valence-electron chi connectivity index (χ4n) is 3.46. The summed E-state index contributed by atoms with van der Waals surface area (Å²) in [6.07, 6.45) is 2.33. The van der Waals surface area contributed by atoms with Crippen LogP contribution in [0.15, 0.2) is 29.2 Å². The minimum absolute atomic E-state index is 0.264. The quantitative estimate of drug-likeness (QED) is 0.869. The van der Waals surface area contributed by atoms with Crippen molar-refractivity contribution in [1.29, 1.82) is 0 Å². The molecular formula is C16H22N2OS. The number of fused-ring (bicyclic) bond motifs is 1. The Balaban J connectivity index is 1.55. The fraction of sp³-hybridized carbons (Fsp3) is 0.562. The van der Waals surface area contributed by atoms with Gasteiger partial charge in [-0.3, -0.25) is 4.79 Å². The second-order valence-corrected chi connectivity index (χ2v) is 7.04. The van der Waals surface area contributed by atoms with Crippen LogP contribution in [-0.2, 0) is 4.79 Å². The topological polar surface area (TPSA) is 46.3 Å². The highest BCUT2D eigenvalue weighted by Gasteiger charge is 2.42. The van der Waals surface area contributed by atoms with Gasteiger partial charge in [0.25, 0.3) is 0 Å². The lowest BCUT2D eigenvalue weighted by molar-refractivity contribution is -0.127. The summed E-state index contributed by atoms with van der Waals surface area (Å²) in [6, 6.07) is 8.54. The van der Waals surface area contributed by atoms with Crippen LogP contribution in [0.25, 0.3) is 0 Å². The number of likely N-dealkylation sites (tertiary alicyclic amines) is 1. The first-order chi connectivity index (χ1) is 9.65. The van der Waals surface area contributed by atoms with Gasteiger partial charge in [-0.2, -0.15) is 0 Å². The van der Waals surface area contributed by atoms with E-state index >= 15 is 0 Å². The number of nitrogens with zero attached hydrogens (tertiary/aromatic N) is 1. The average Bonchev–Trinajstić information content (AvgIpc) is 3.00. The van der Waals surface area contributed by atoms with Crippen molar-refractivity contribution in [2.24, 2.45) is 17.6 Å². The number of carbonyl (C=O) groups excluding carboxylic acids is 1. The largest absolute Gasteiger partial charge is 0.341 e. The van der Waals surface area contributed by atoms with Gasteiger partial charge >= 0.3 is 0 Å². The number of amides is 1. The Morgan fingerprint density at radius 1 is 1.35 bits per heavy atom. The number of hydrogen-bond donors (Lipinski definition) is 1. The second kappa shape index (κ2) is 5.78. The summed E-state index contributed by atoms with van der Waals surface area (Å²) in [5, 5.41) is 0. The van der Waals surface area contributed by atoms with Gasteiger partial charge in [0.15, 0.2) is 0 Å². The van der Waals surface area contributed by atoms with Gasteiger partial charge in [0.2, 0.25) is 5.91 Å². The van der Waals surface area contributed by atoms with Crippen molar-refractivity contribution in [3.63, 3.8) is 0 Å². The van der Waals surface area contributed by atoms with Crippen LogP contribution in [0.5, 0.6) is 0 Å². The maximum Gasteiger partial charge on any atom is 0.232 e. The highest BCUT2D eigenvalue weighted by molar-refractivity contribution is 8.00. The summed E-state index contributed by atoms with van der Waals surface area (Å²) in [4.78, 5) is 15.6. The molecule has 0 radical (unpaired) electrons. The van der Waals surface area contributed by atoms with Crippen LogP contribution < -0.4 is 5.73 Å². The van der Waals surface area contributed by atoms with Crippen molar-refractivity contribution >= 4 is 17.7 Å². The van der Waals surface area contributed by atoms with Gasteiger partial charge in [0.1, 0.15) is 0 Å². The molecule has 3 atom stereocenters. The molecule has 1 aromatic rings. The molecule has 1 aromatic carbocycles. The van der Waals surface area contributed by atoms with E-state index in [4.69, 9.17) is 5.73 Å². The molecule has 2 aliphatic rings. The third-order valence-electron chi connectivity index (χ3n) is 4.71. The van der Waals surface area contributed by atoms with Crippen LogP contribution >= 0.6 is 11.8 Å². The van der Waals surface area contributed by atoms with Gasteiger partial charge in [-0.15, -0.1) is 11.8 Å². The van der Waals surface area contributed by atoms with Crippen molar-refractivity contribution in [2.75, 3.05) is 18.8 Å². The number of thioether (sulfide) groups is 1. The Hall–Kier alpha value is -1.00. The number of nitrogens with two attached hydrogens (primary N) is 1. The van der Waals surface area contributed by atoms with Crippen molar-refractivity contribution < 1.29 is 4.79 Å². The van der Waals surface area contributed by atoms with Crippen molar-refractivity contribution in [1.82, 2.24) is 4.90 Å². The molecule has 0 spiro atoms. The molecule has 0 bridgehead atoms. The normalized spacial score (nSPS) is 28.7. The number of carbonyl (C=O) groups is 1. The maximum atomic E-state index is 12.3. The van der Waals surface area contributed by atoms with E-state index in [-0.39, 0.29) is 5.91 Å². The van der Waals surface area contributed by atoms with Gasteiger partial charge in [0.05, 0.1) is 5.75 Å². The molecule has 108 valence electrons. The molecule has 1 aliphatic carbocycles. The third-order valence-corrected chi connectivity index (χ3v) is 5.87. The van der Waals surface area contributed by atoms with Crippen molar-refractivity contribution in [3.05, 3.63) is 29.8 Å². The van der Waals surface area contributed by atoms with Gasteiger partial charge < -0.3 is 10.6 Å². The van der Waals surface area contributed by atoms with E-state index in [9.17, 15) is 4.79 Å². The first-order valence-electron chi connectivity index (χ1n) is 7.37. The molecular weight excluding hydrogens is 268 g/mol. The predicted molar refractivity (Wildman–Crippen MR) is 82.7 cm³/mol. The lowest BCUT2D eigenvalue weighted by Crippen LogP contribution is -2.34. The zero-order valence-corrected chi connectivity index (χ0v) is 12.7. The highest BCUT2D eigenvalue weighted by atomic mass is 32.2. The molecule has 2 fully saturated rings. The van der Waals surface area contributed by atoms with E-state index in [0.717, 1.165) is 19.5 Å². The molecule has 1 heterocycles. The second-order valence-electron chi connectivity index (χ2n) is 6.02. The Bertz CT molecular complexity index is 505. The molecule has 1 aliphatic heterocycles. The summed E-state index contributed by atoms with van der Waals surface area (Å²) >= 11 is 1.65. The summed E-state index contributed by atoms with van der Waals surface area (Å²) < 4.78 is 0. The zero-order valence-electron chi connectivity index (χ0n) is 11.9. The highest BCUT2D eigenvalue weighted by Crippen LogP contribution is 2.37. The minimum Gasteiger partial charge on any atom is -0.341 e. The molecule has 3 unspecified atom stereocenters. The van der Waals surface area contributed by atoms with Crippen LogP contribution in [0.1, 0.15) is 18.4 Å². The van der Waals surface area contributed by atoms with E-state index in [2.05, 4.69) is 19.1 Å². The molecule has 1 saturated heterocycles. The smallest absolute Gasteiger partial charge is 0.232 e. The molecule has 20 heavy (non-hydrogen) atoms. The van der Waals surface area contributed by atoms with Crippen LogP contribution in [0.3, 0.4) is 0 Å². The first kappa shape index (κ1) is 14.0. The van der Waals surface area contributed by atoms with Gasteiger partial charge in [-0.1, -0.05) is 18.2 Å². The Kier molecular flexibility index (Phi) is 4.03. The van der Waals surface area contributed by atoms with E-state index in [1.807, 2.05) is 17.0 Å². The van der Waals surface area contributed by atoms with E-state index in [0.29, 0.717) is 23.6 Å². The summed E-state index contributed by atoms with van der Waals surface area (Å²) in [5.74, 6) is 2.00. The fourth-order valence-corrected chi connectivity index (χ4v) is 4.39. The molecule has 1 amide bonds. The lowest BCUT2D eigenvalue weighted by atomic mass is 9.98. The SMILES string of the molecule is Cc1ccccc1SCC(=O)N1CC2CCC(N)C2C1. The number of rotatable bonds is 3. The molecule has 4 heteroatoms. The Labute approximate surface area is 124 Å². The van der Waals surface area contributed by atoms with Gasteiger partial charge in [-0.05, 0) is 43.2 Å². The summed E-state index contributed by atoms with van der Waals surface area (Å²) in [5.41, 5.74) is 7.37. The standard InChI is InChI=1S/C16H22N2OS/c1-11-4-2-3-5-15(11)20-10-16(19)18-8-12-6-7-14(17)13(12)9-18/h2-5,12-14H,6-10,17H2,1H3. The van der Waals surface area contributed by atoms with Gasteiger partial charge in [0, 0.05) is 24.0 Å².